The lowest BCUT2D eigenvalue weighted by Crippen LogP contribution is -2.40. The lowest BCUT2D eigenvalue weighted by atomic mass is 10.1. The predicted octanol–water partition coefficient (Wildman–Crippen LogP) is 4.17. The van der Waals surface area contributed by atoms with Crippen LogP contribution in [0.4, 0.5) is 0 Å². The van der Waals surface area contributed by atoms with Crippen LogP contribution in [0, 0.1) is 6.92 Å². The highest BCUT2D eigenvalue weighted by atomic mass is 16.5. The third-order valence-corrected chi connectivity index (χ3v) is 4.72. The topological polar surface area (TPSA) is 32.7 Å². The van der Waals surface area contributed by atoms with Gasteiger partial charge in [0.1, 0.15) is 0 Å². The molecule has 0 bridgehead atoms. The highest BCUT2D eigenvalue weighted by molar-refractivity contribution is 5.25. The van der Waals surface area contributed by atoms with Crippen molar-refractivity contribution in [3.63, 3.8) is 0 Å². The molecule has 0 unspecified atom stereocenters. The fourth-order valence-electron chi connectivity index (χ4n) is 2.88. The normalized spacial score (nSPS) is 13.8. The first-order valence-corrected chi connectivity index (χ1v) is 9.18. The summed E-state index contributed by atoms with van der Waals surface area (Å²) in [5, 5.41) is 10.4. The monoisotopic (exact) mass is 341 g/mol. The number of ether oxygens (including phenoxy) is 1. The number of hydrogen-bond acceptors (Lipinski definition) is 3. The van der Waals surface area contributed by atoms with Crippen LogP contribution in [0.3, 0.4) is 0 Å². The van der Waals surface area contributed by atoms with Crippen molar-refractivity contribution >= 4 is 0 Å². The van der Waals surface area contributed by atoms with Gasteiger partial charge in [0.25, 0.3) is 0 Å². The molecule has 136 valence electrons. The first-order chi connectivity index (χ1) is 12.1. The third kappa shape index (κ3) is 6.62. The molecule has 0 aromatic heterocycles. The number of aliphatic hydroxyl groups excluding tert-OH is 1. The number of nitrogens with zero attached hydrogens (tertiary/aromatic N) is 1. The van der Waals surface area contributed by atoms with Crippen molar-refractivity contribution in [1.29, 1.82) is 0 Å². The van der Waals surface area contributed by atoms with E-state index < -0.39 is 6.10 Å². The molecule has 0 saturated heterocycles. The van der Waals surface area contributed by atoms with E-state index in [4.69, 9.17) is 4.74 Å². The van der Waals surface area contributed by atoms with Gasteiger partial charge < -0.3 is 9.84 Å². The predicted molar refractivity (Wildman–Crippen MR) is 103 cm³/mol. The summed E-state index contributed by atoms with van der Waals surface area (Å²) in [7, 11) is 0. The lowest BCUT2D eigenvalue weighted by Gasteiger charge is -2.31. The van der Waals surface area contributed by atoms with Crippen molar-refractivity contribution in [3.05, 3.63) is 71.3 Å². The maximum Gasteiger partial charge on any atom is 0.0900 e. The van der Waals surface area contributed by atoms with Crippen molar-refractivity contribution in [2.24, 2.45) is 0 Å². The first-order valence-electron chi connectivity index (χ1n) is 9.18. The van der Waals surface area contributed by atoms with Gasteiger partial charge >= 0.3 is 0 Å². The molecule has 2 aromatic rings. The molecule has 0 heterocycles. The molecule has 0 spiro atoms. The molecule has 0 aliphatic rings. The average Bonchev–Trinajstić information content (AvgIpc) is 2.63. The second-order valence-electron chi connectivity index (χ2n) is 6.77. The second kappa shape index (κ2) is 10.3. The standard InChI is InChI=1S/C22H31NO2/c1-4-19(3)23(14-21-13-9-8-10-18(21)2)15-22(24)17-25-16-20-11-6-5-7-12-20/h5-13,19,22,24H,4,14-17H2,1-3H3/t19-,22-/m0/s1. The third-order valence-electron chi connectivity index (χ3n) is 4.72. The van der Waals surface area contributed by atoms with Gasteiger partial charge in [0, 0.05) is 19.1 Å². The van der Waals surface area contributed by atoms with Gasteiger partial charge in [0.15, 0.2) is 0 Å². The molecule has 0 aliphatic heterocycles. The Balaban J connectivity index is 1.86. The molecule has 0 fully saturated rings. The Bertz CT molecular complexity index is 614. The summed E-state index contributed by atoms with van der Waals surface area (Å²) in [5.74, 6) is 0. The molecule has 0 radical (unpaired) electrons. The SMILES string of the molecule is CC[C@H](C)N(Cc1ccccc1C)C[C@H](O)COCc1ccccc1. The quantitative estimate of drug-likeness (QED) is 0.704. The Hall–Kier alpha value is -1.68. The first kappa shape index (κ1) is 19.6. The van der Waals surface area contributed by atoms with Crippen molar-refractivity contribution in [2.75, 3.05) is 13.2 Å². The van der Waals surface area contributed by atoms with Crippen LogP contribution in [0.2, 0.25) is 0 Å². The van der Waals surface area contributed by atoms with Gasteiger partial charge in [0.2, 0.25) is 0 Å². The van der Waals surface area contributed by atoms with Gasteiger partial charge in [-0.25, -0.2) is 0 Å². The molecule has 2 atom stereocenters. The van der Waals surface area contributed by atoms with E-state index in [1.54, 1.807) is 0 Å². The van der Waals surface area contributed by atoms with E-state index in [0.29, 0.717) is 25.8 Å². The van der Waals surface area contributed by atoms with E-state index in [-0.39, 0.29) is 0 Å². The molecule has 2 aromatic carbocycles. The van der Waals surface area contributed by atoms with E-state index >= 15 is 0 Å². The van der Waals surface area contributed by atoms with Crippen molar-refractivity contribution < 1.29 is 9.84 Å². The van der Waals surface area contributed by atoms with Gasteiger partial charge in [-0.2, -0.15) is 0 Å². The summed E-state index contributed by atoms with van der Waals surface area (Å²) in [6.45, 7) is 8.93. The fourth-order valence-corrected chi connectivity index (χ4v) is 2.88. The lowest BCUT2D eigenvalue weighted by molar-refractivity contribution is 0.00141. The molecule has 3 heteroatoms. The number of aliphatic hydroxyl groups is 1. The molecular weight excluding hydrogens is 310 g/mol. The molecule has 2 rings (SSSR count). The zero-order valence-corrected chi connectivity index (χ0v) is 15.7. The Morgan fingerprint density at radius 2 is 1.72 bits per heavy atom. The zero-order valence-electron chi connectivity index (χ0n) is 15.7. The van der Waals surface area contributed by atoms with Crippen LogP contribution < -0.4 is 0 Å². The van der Waals surface area contributed by atoms with Crippen molar-refractivity contribution in [2.45, 2.75) is 52.5 Å². The van der Waals surface area contributed by atoms with Gasteiger partial charge in [-0.1, -0.05) is 61.5 Å². The van der Waals surface area contributed by atoms with E-state index in [2.05, 4.69) is 49.9 Å². The van der Waals surface area contributed by atoms with E-state index in [1.165, 1.54) is 11.1 Å². The fraction of sp³-hybridized carbons (Fsp3) is 0.455. The maximum atomic E-state index is 10.4. The Kier molecular flexibility index (Phi) is 8.13. The van der Waals surface area contributed by atoms with Crippen molar-refractivity contribution in [1.82, 2.24) is 4.90 Å². The second-order valence-corrected chi connectivity index (χ2v) is 6.77. The average molecular weight is 341 g/mol. The molecule has 0 amide bonds. The summed E-state index contributed by atoms with van der Waals surface area (Å²) in [6, 6.07) is 19.0. The Labute approximate surface area is 152 Å². The molecule has 0 aliphatic carbocycles. The van der Waals surface area contributed by atoms with Gasteiger partial charge in [-0.15, -0.1) is 0 Å². The maximum absolute atomic E-state index is 10.4. The van der Waals surface area contributed by atoms with Crippen LogP contribution >= 0.6 is 0 Å². The van der Waals surface area contributed by atoms with Gasteiger partial charge in [0.05, 0.1) is 19.3 Å². The zero-order chi connectivity index (χ0) is 18.1. The minimum atomic E-state index is -0.485. The largest absolute Gasteiger partial charge is 0.389 e. The summed E-state index contributed by atoms with van der Waals surface area (Å²) in [6.07, 6.45) is 0.574. The summed E-state index contributed by atoms with van der Waals surface area (Å²) in [4.78, 5) is 2.35. The van der Waals surface area contributed by atoms with Crippen LogP contribution in [0.15, 0.2) is 54.6 Å². The van der Waals surface area contributed by atoms with Crippen LogP contribution in [-0.2, 0) is 17.9 Å². The van der Waals surface area contributed by atoms with Crippen molar-refractivity contribution in [3.8, 4) is 0 Å². The number of hydrogen-bond donors (Lipinski definition) is 1. The highest BCUT2D eigenvalue weighted by Crippen LogP contribution is 2.15. The van der Waals surface area contributed by atoms with Gasteiger partial charge in [-0.3, -0.25) is 4.90 Å². The molecule has 0 saturated carbocycles. The molecule has 25 heavy (non-hydrogen) atoms. The molecular formula is C22H31NO2. The molecule has 3 nitrogen and oxygen atoms in total. The van der Waals surface area contributed by atoms with E-state index in [9.17, 15) is 5.11 Å². The van der Waals surface area contributed by atoms with Crippen LogP contribution in [0.5, 0.6) is 0 Å². The van der Waals surface area contributed by atoms with Crippen LogP contribution in [0.25, 0.3) is 0 Å². The highest BCUT2D eigenvalue weighted by Gasteiger charge is 2.18. The smallest absolute Gasteiger partial charge is 0.0900 e. The van der Waals surface area contributed by atoms with Gasteiger partial charge in [-0.05, 0) is 37.0 Å². The minimum absolute atomic E-state index is 0.357. The van der Waals surface area contributed by atoms with E-state index in [1.807, 2.05) is 30.3 Å². The van der Waals surface area contributed by atoms with Crippen LogP contribution in [0.1, 0.15) is 37.0 Å². The summed E-state index contributed by atoms with van der Waals surface area (Å²) in [5.41, 5.74) is 3.75. The summed E-state index contributed by atoms with van der Waals surface area (Å²) < 4.78 is 5.69. The Morgan fingerprint density at radius 3 is 2.40 bits per heavy atom. The number of rotatable bonds is 10. The number of benzene rings is 2. The van der Waals surface area contributed by atoms with E-state index in [0.717, 1.165) is 18.5 Å². The summed E-state index contributed by atoms with van der Waals surface area (Å²) >= 11 is 0. The Morgan fingerprint density at radius 1 is 1.04 bits per heavy atom. The molecule has 1 N–H and O–H groups in total. The minimum Gasteiger partial charge on any atom is -0.389 e. The van der Waals surface area contributed by atoms with Crippen LogP contribution in [-0.4, -0.2) is 35.3 Å². The number of aryl methyl sites for hydroxylation is 1.